The van der Waals surface area contributed by atoms with E-state index in [0.717, 1.165) is 12.1 Å². The van der Waals surface area contributed by atoms with E-state index in [9.17, 15) is 17.6 Å². The highest BCUT2D eigenvalue weighted by molar-refractivity contribution is 7.92. The maximum Gasteiger partial charge on any atom is 0.261 e. The fourth-order valence-corrected chi connectivity index (χ4v) is 4.60. The van der Waals surface area contributed by atoms with Gasteiger partial charge in [-0.3, -0.25) is 9.52 Å². The van der Waals surface area contributed by atoms with E-state index in [1.807, 2.05) is 6.92 Å². The van der Waals surface area contributed by atoms with Crippen molar-refractivity contribution in [1.82, 2.24) is 10.2 Å². The second-order valence-electron chi connectivity index (χ2n) is 8.33. The number of likely N-dealkylation sites (N-methyl/N-ethyl adjacent to an activating group) is 1. The summed E-state index contributed by atoms with van der Waals surface area (Å²) in [4.78, 5) is 14.6. The summed E-state index contributed by atoms with van der Waals surface area (Å²) >= 11 is 0. The lowest BCUT2D eigenvalue weighted by Crippen LogP contribution is -2.44. The average molecular weight is 480 g/mol. The van der Waals surface area contributed by atoms with Crippen LogP contribution in [-0.4, -0.2) is 65.2 Å². The molecule has 2 aromatic carbocycles. The first-order valence-corrected chi connectivity index (χ1v) is 12.2. The van der Waals surface area contributed by atoms with E-state index in [1.54, 1.807) is 19.1 Å². The first-order chi connectivity index (χ1) is 15.6. The lowest BCUT2D eigenvalue weighted by atomic mass is 10.0. The number of methoxy groups -OCH3 is 1. The van der Waals surface area contributed by atoms with Gasteiger partial charge in [-0.25, -0.2) is 12.8 Å². The molecular weight excluding hydrogens is 449 g/mol. The number of hydrogen-bond acceptors (Lipinski definition) is 6. The molecule has 1 aliphatic rings. The van der Waals surface area contributed by atoms with Crippen LogP contribution in [0.1, 0.15) is 24.2 Å². The lowest BCUT2D eigenvalue weighted by molar-refractivity contribution is 0.0281. The smallest absolute Gasteiger partial charge is 0.261 e. The number of nitrogens with one attached hydrogen (secondary N) is 2. The maximum absolute atomic E-state index is 13.2. The molecule has 3 rings (SSSR count). The number of carbonyl (C=O) groups excluding carboxylic acids is 1. The zero-order valence-electron chi connectivity index (χ0n) is 19.2. The first-order valence-electron chi connectivity index (χ1n) is 10.7. The van der Waals surface area contributed by atoms with Crippen molar-refractivity contribution in [2.75, 3.05) is 38.6 Å². The molecule has 0 radical (unpaired) electrons. The number of hydrogen-bond donors (Lipinski definition) is 2. The molecule has 10 heteroatoms. The first kappa shape index (κ1) is 24.9. The molecular formula is C23H30FN3O5S. The van der Waals surface area contributed by atoms with Gasteiger partial charge in [-0.1, -0.05) is 6.92 Å². The van der Waals surface area contributed by atoms with Gasteiger partial charge in [-0.15, -0.1) is 0 Å². The van der Waals surface area contributed by atoms with Gasteiger partial charge in [0.1, 0.15) is 18.2 Å². The summed E-state index contributed by atoms with van der Waals surface area (Å²) in [6.45, 7) is 5.39. The predicted octanol–water partition coefficient (Wildman–Crippen LogP) is 2.72. The second-order valence-corrected chi connectivity index (χ2v) is 10.0. The number of carbonyl (C=O) groups is 1. The van der Waals surface area contributed by atoms with Gasteiger partial charge >= 0.3 is 0 Å². The van der Waals surface area contributed by atoms with Crippen LogP contribution in [0.25, 0.3) is 0 Å². The van der Waals surface area contributed by atoms with Gasteiger partial charge in [-0.2, -0.15) is 0 Å². The largest absolute Gasteiger partial charge is 0.491 e. The second kappa shape index (κ2) is 10.5. The summed E-state index contributed by atoms with van der Waals surface area (Å²) < 4.78 is 52.5. The summed E-state index contributed by atoms with van der Waals surface area (Å²) in [5, 5.41) is 3.40. The summed E-state index contributed by atoms with van der Waals surface area (Å²) in [6, 6.07) is 9.02. The fourth-order valence-electron chi connectivity index (χ4n) is 3.55. The van der Waals surface area contributed by atoms with Crippen LogP contribution in [0.3, 0.4) is 0 Å². The van der Waals surface area contributed by atoms with E-state index < -0.39 is 15.8 Å². The standard InChI is InChI=1S/C23H30FN3O5S/c1-15-12-25-16(2)14-32-21-11-18(26-33(29,30)19-8-5-17(24)6-9-19)7-10-20(21)23(28)27(3)13-22(15)31-4/h5-11,15-16,22,25-26H,12-14H2,1-4H3/t15-,16+,22+/m0/s1. The molecule has 0 spiro atoms. The molecule has 0 aliphatic carbocycles. The maximum atomic E-state index is 13.2. The van der Waals surface area contributed by atoms with Crippen LogP contribution in [0.4, 0.5) is 10.1 Å². The number of sulfonamides is 1. The molecule has 33 heavy (non-hydrogen) atoms. The number of halogens is 1. The SMILES string of the molecule is CO[C@@H]1CN(C)C(=O)c2ccc(NS(=O)(=O)c3ccc(F)cc3)cc2OC[C@@H](C)NC[C@@H]1C. The fraction of sp³-hybridized carbons (Fsp3) is 0.435. The molecule has 2 aromatic rings. The van der Waals surface area contributed by atoms with Gasteiger partial charge in [0.25, 0.3) is 15.9 Å². The van der Waals surface area contributed by atoms with Crippen molar-refractivity contribution >= 4 is 21.6 Å². The zero-order chi connectivity index (χ0) is 24.2. The van der Waals surface area contributed by atoms with Gasteiger partial charge < -0.3 is 19.7 Å². The Kier molecular flexibility index (Phi) is 7.93. The van der Waals surface area contributed by atoms with E-state index in [2.05, 4.69) is 17.0 Å². The van der Waals surface area contributed by atoms with Crippen LogP contribution in [-0.2, 0) is 14.8 Å². The summed E-state index contributed by atoms with van der Waals surface area (Å²) in [6.07, 6.45) is -0.149. The van der Waals surface area contributed by atoms with E-state index in [1.165, 1.54) is 30.3 Å². The van der Waals surface area contributed by atoms with E-state index in [-0.39, 0.29) is 46.9 Å². The van der Waals surface area contributed by atoms with Crippen LogP contribution < -0.4 is 14.8 Å². The molecule has 0 bridgehead atoms. The third-order valence-corrected chi connectivity index (χ3v) is 7.00. The Morgan fingerprint density at radius 2 is 1.88 bits per heavy atom. The monoisotopic (exact) mass is 479 g/mol. The topological polar surface area (TPSA) is 97.0 Å². The number of nitrogens with zero attached hydrogens (tertiary/aromatic N) is 1. The Hall–Kier alpha value is -2.69. The molecule has 0 aromatic heterocycles. The summed E-state index contributed by atoms with van der Waals surface area (Å²) in [5.74, 6) is -0.344. The quantitative estimate of drug-likeness (QED) is 0.700. The Morgan fingerprint density at radius 1 is 1.18 bits per heavy atom. The van der Waals surface area contributed by atoms with Crippen molar-refractivity contribution in [2.45, 2.75) is 30.9 Å². The molecule has 0 unspecified atom stereocenters. The molecule has 8 nitrogen and oxygen atoms in total. The van der Waals surface area contributed by atoms with Gasteiger partial charge in [0, 0.05) is 39.4 Å². The van der Waals surface area contributed by atoms with Gasteiger partial charge in [0.05, 0.1) is 22.3 Å². The van der Waals surface area contributed by atoms with E-state index >= 15 is 0 Å². The Bertz CT molecular complexity index is 1080. The number of benzene rings is 2. The minimum atomic E-state index is -3.94. The number of anilines is 1. The van der Waals surface area contributed by atoms with Crippen LogP contribution in [0.5, 0.6) is 5.75 Å². The van der Waals surface area contributed by atoms with Crippen LogP contribution in [0.15, 0.2) is 47.4 Å². The summed E-state index contributed by atoms with van der Waals surface area (Å²) in [5.41, 5.74) is 0.544. The van der Waals surface area contributed by atoms with E-state index in [4.69, 9.17) is 9.47 Å². The predicted molar refractivity (Wildman–Crippen MR) is 124 cm³/mol. The minimum absolute atomic E-state index is 0.00960. The normalized spacial score (nSPS) is 22.5. The van der Waals surface area contributed by atoms with Crippen molar-refractivity contribution in [3.05, 3.63) is 53.8 Å². The highest BCUT2D eigenvalue weighted by Gasteiger charge is 2.26. The number of ether oxygens (including phenoxy) is 2. The highest BCUT2D eigenvalue weighted by Crippen LogP contribution is 2.27. The molecule has 1 amide bonds. The highest BCUT2D eigenvalue weighted by atomic mass is 32.2. The average Bonchev–Trinajstić information content (AvgIpc) is 2.78. The third kappa shape index (κ3) is 6.21. The van der Waals surface area contributed by atoms with E-state index in [0.29, 0.717) is 18.7 Å². The molecule has 1 aliphatic heterocycles. The number of amides is 1. The third-order valence-electron chi connectivity index (χ3n) is 5.60. The van der Waals surface area contributed by atoms with Crippen molar-refractivity contribution in [3.63, 3.8) is 0 Å². The Labute approximate surface area is 194 Å². The zero-order valence-corrected chi connectivity index (χ0v) is 20.0. The number of fused-ring (bicyclic) bond motifs is 1. The molecule has 0 fully saturated rings. The summed E-state index contributed by atoms with van der Waals surface area (Å²) in [7, 11) is -0.622. The van der Waals surface area contributed by atoms with Gasteiger partial charge in [0.15, 0.2) is 0 Å². The van der Waals surface area contributed by atoms with Crippen molar-refractivity contribution in [3.8, 4) is 5.75 Å². The van der Waals surface area contributed by atoms with Crippen molar-refractivity contribution in [1.29, 1.82) is 0 Å². The van der Waals surface area contributed by atoms with Gasteiger partial charge in [0.2, 0.25) is 0 Å². The molecule has 1 heterocycles. The lowest BCUT2D eigenvalue weighted by Gasteiger charge is -2.30. The minimum Gasteiger partial charge on any atom is -0.491 e. The molecule has 2 N–H and O–H groups in total. The molecule has 0 saturated carbocycles. The van der Waals surface area contributed by atoms with Crippen LogP contribution >= 0.6 is 0 Å². The van der Waals surface area contributed by atoms with Gasteiger partial charge in [-0.05, 0) is 49.2 Å². The van der Waals surface area contributed by atoms with Crippen LogP contribution in [0, 0.1) is 11.7 Å². The Balaban J connectivity index is 1.91. The molecule has 3 atom stereocenters. The Morgan fingerprint density at radius 3 is 2.55 bits per heavy atom. The van der Waals surface area contributed by atoms with Crippen LogP contribution in [0.2, 0.25) is 0 Å². The van der Waals surface area contributed by atoms with Crippen molar-refractivity contribution < 1.29 is 27.1 Å². The number of rotatable bonds is 4. The molecule has 180 valence electrons. The molecule has 0 saturated heterocycles. The van der Waals surface area contributed by atoms with Crippen molar-refractivity contribution in [2.24, 2.45) is 5.92 Å².